The average molecular weight is 499 g/mol. The number of aryl methyl sites for hydroxylation is 1. The zero-order valence-electron chi connectivity index (χ0n) is 20.4. The summed E-state index contributed by atoms with van der Waals surface area (Å²) in [6, 6.07) is 11.8. The molecule has 1 aromatic heterocycles. The van der Waals surface area contributed by atoms with Crippen molar-refractivity contribution in [3.05, 3.63) is 53.2 Å². The third kappa shape index (κ3) is 5.43. The Bertz CT molecular complexity index is 1170. The van der Waals surface area contributed by atoms with Crippen LogP contribution in [0.4, 0.5) is 5.69 Å². The molecule has 1 fully saturated rings. The van der Waals surface area contributed by atoms with Crippen molar-refractivity contribution in [2.45, 2.75) is 24.1 Å². The van der Waals surface area contributed by atoms with Crippen LogP contribution in [-0.2, 0) is 24.1 Å². The van der Waals surface area contributed by atoms with E-state index in [4.69, 9.17) is 10.5 Å². The molecule has 0 unspecified atom stereocenters. The third-order valence-electron chi connectivity index (χ3n) is 6.58. The first kappa shape index (κ1) is 25.4. The SMILES string of the molecule is CCOC(=O)c1c(CSc2ccccc2)n(C)c2cc(N)c(O)c(CN3CCN(CCO)CC3)c12. The number of nitrogen functional groups attached to an aromatic ring is 1. The van der Waals surface area contributed by atoms with Gasteiger partial charge in [-0.05, 0) is 25.1 Å². The van der Waals surface area contributed by atoms with Gasteiger partial charge < -0.3 is 25.3 Å². The predicted octanol–water partition coefficient (Wildman–Crippen LogP) is 3.05. The lowest BCUT2D eigenvalue weighted by Gasteiger charge is -2.34. The molecule has 35 heavy (non-hydrogen) atoms. The van der Waals surface area contributed by atoms with Gasteiger partial charge in [0.1, 0.15) is 5.75 Å². The Hall–Kier alpha value is -2.72. The maximum absolute atomic E-state index is 13.3. The average Bonchev–Trinajstić information content (AvgIpc) is 3.14. The number of thioether (sulfide) groups is 1. The van der Waals surface area contributed by atoms with Crippen molar-refractivity contribution in [2.75, 3.05) is 51.7 Å². The molecule has 0 bridgehead atoms. The van der Waals surface area contributed by atoms with E-state index in [1.165, 1.54) is 0 Å². The Morgan fingerprint density at radius 3 is 2.49 bits per heavy atom. The minimum atomic E-state index is -0.389. The van der Waals surface area contributed by atoms with Crippen LogP contribution in [0.1, 0.15) is 28.5 Å². The molecule has 0 atom stereocenters. The smallest absolute Gasteiger partial charge is 0.340 e. The van der Waals surface area contributed by atoms with Gasteiger partial charge in [0.25, 0.3) is 0 Å². The first-order valence-corrected chi connectivity index (χ1v) is 12.9. The van der Waals surface area contributed by atoms with Crippen LogP contribution in [0.5, 0.6) is 5.75 Å². The summed E-state index contributed by atoms with van der Waals surface area (Å²) in [6.45, 7) is 6.62. The Kier molecular flexibility index (Phi) is 8.22. The second-order valence-corrected chi connectivity index (χ2v) is 9.78. The number of anilines is 1. The van der Waals surface area contributed by atoms with Crippen LogP contribution in [0.25, 0.3) is 10.9 Å². The molecule has 9 heteroatoms. The Balaban J connectivity index is 1.76. The van der Waals surface area contributed by atoms with Gasteiger partial charge in [-0.3, -0.25) is 9.80 Å². The molecule has 3 aromatic rings. The van der Waals surface area contributed by atoms with E-state index in [-0.39, 0.29) is 24.9 Å². The summed E-state index contributed by atoms with van der Waals surface area (Å²) >= 11 is 1.65. The Labute approximate surface area is 210 Å². The fourth-order valence-corrected chi connectivity index (χ4v) is 5.68. The van der Waals surface area contributed by atoms with E-state index in [2.05, 4.69) is 9.80 Å². The van der Waals surface area contributed by atoms with Gasteiger partial charge in [-0.25, -0.2) is 4.79 Å². The maximum Gasteiger partial charge on any atom is 0.340 e. The monoisotopic (exact) mass is 498 g/mol. The molecule has 8 nitrogen and oxygen atoms in total. The van der Waals surface area contributed by atoms with E-state index in [1.54, 1.807) is 24.8 Å². The van der Waals surface area contributed by atoms with E-state index in [0.717, 1.165) is 42.3 Å². The van der Waals surface area contributed by atoms with Gasteiger partial charge in [0.05, 0.1) is 30.0 Å². The molecule has 4 rings (SSSR count). The number of aliphatic hydroxyl groups excluding tert-OH is 1. The standard InChI is InChI=1S/C26H34N4O4S/c1-3-34-26(33)24-22(17-35-18-7-5-4-6-8-18)28(2)21-15-20(27)25(32)19(23(21)24)16-30-11-9-29(10-12-30)13-14-31/h4-8,15,31-32H,3,9-14,16-17,27H2,1-2H3. The number of rotatable bonds is 9. The summed E-state index contributed by atoms with van der Waals surface area (Å²) in [6.07, 6.45) is 0. The number of benzene rings is 2. The number of fused-ring (bicyclic) bond motifs is 1. The molecule has 188 valence electrons. The number of nitrogens with zero attached hydrogens (tertiary/aromatic N) is 3. The lowest BCUT2D eigenvalue weighted by molar-refractivity contribution is 0.0527. The number of ether oxygens (including phenoxy) is 1. The van der Waals surface area contributed by atoms with Gasteiger partial charge >= 0.3 is 5.97 Å². The number of phenolic OH excluding ortho intramolecular Hbond substituents is 1. The minimum absolute atomic E-state index is 0.0219. The number of piperazine rings is 1. The highest BCUT2D eigenvalue weighted by molar-refractivity contribution is 7.98. The summed E-state index contributed by atoms with van der Waals surface area (Å²) in [7, 11) is 1.93. The van der Waals surface area contributed by atoms with Crippen molar-refractivity contribution in [3.63, 3.8) is 0 Å². The number of β-amino-alcohol motifs (C(OH)–C–C–N with tert-alkyl or cyclic N) is 1. The summed E-state index contributed by atoms with van der Waals surface area (Å²) < 4.78 is 7.48. The van der Waals surface area contributed by atoms with Crippen LogP contribution in [0.15, 0.2) is 41.3 Å². The number of aromatic nitrogens is 1. The Morgan fingerprint density at radius 2 is 1.83 bits per heavy atom. The van der Waals surface area contributed by atoms with E-state index < -0.39 is 0 Å². The topological polar surface area (TPSA) is 104 Å². The largest absolute Gasteiger partial charge is 0.505 e. The van der Waals surface area contributed by atoms with Crippen LogP contribution >= 0.6 is 11.8 Å². The van der Waals surface area contributed by atoms with Crippen LogP contribution in [0.3, 0.4) is 0 Å². The molecular weight excluding hydrogens is 464 g/mol. The molecule has 0 aliphatic carbocycles. The second-order valence-electron chi connectivity index (χ2n) is 8.73. The number of esters is 1. The number of carbonyl (C=O) groups is 1. The number of nitrogens with two attached hydrogens (primary N) is 1. The summed E-state index contributed by atoms with van der Waals surface area (Å²) in [4.78, 5) is 18.8. The molecular formula is C26H34N4O4S. The van der Waals surface area contributed by atoms with Crippen LogP contribution in [0, 0.1) is 0 Å². The molecule has 1 aliphatic rings. The quantitative estimate of drug-likeness (QED) is 0.179. The van der Waals surface area contributed by atoms with Crippen LogP contribution in [-0.4, -0.2) is 76.5 Å². The van der Waals surface area contributed by atoms with Crippen molar-refractivity contribution in [1.82, 2.24) is 14.4 Å². The highest BCUT2D eigenvalue weighted by atomic mass is 32.2. The highest BCUT2D eigenvalue weighted by Crippen LogP contribution is 2.40. The second kappa shape index (κ2) is 11.3. The van der Waals surface area contributed by atoms with Crippen molar-refractivity contribution < 1.29 is 19.7 Å². The van der Waals surface area contributed by atoms with E-state index >= 15 is 0 Å². The molecule has 0 saturated carbocycles. The van der Waals surface area contributed by atoms with Gasteiger partial charge in [0.15, 0.2) is 0 Å². The molecule has 1 aliphatic heterocycles. The first-order chi connectivity index (χ1) is 16.9. The zero-order valence-corrected chi connectivity index (χ0v) is 21.2. The fraction of sp³-hybridized carbons (Fsp3) is 0.423. The Morgan fingerprint density at radius 1 is 1.14 bits per heavy atom. The van der Waals surface area contributed by atoms with Gasteiger partial charge in [0.2, 0.25) is 0 Å². The number of carbonyl (C=O) groups excluding carboxylic acids is 1. The van der Waals surface area contributed by atoms with Gasteiger partial charge in [-0.2, -0.15) is 0 Å². The molecule has 2 heterocycles. The van der Waals surface area contributed by atoms with Crippen molar-refractivity contribution >= 4 is 34.3 Å². The third-order valence-corrected chi connectivity index (χ3v) is 7.60. The molecule has 0 radical (unpaired) electrons. The highest BCUT2D eigenvalue weighted by Gasteiger charge is 2.28. The minimum Gasteiger partial charge on any atom is -0.505 e. The first-order valence-electron chi connectivity index (χ1n) is 12.0. The van der Waals surface area contributed by atoms with E-state index in [0.29, 0.717) is 41.0 Å². The zero-order chi connectivity index (χ0) is 24.9. The summed E-state index contributed by atoms with van der Waals surface area (Å²) in [5.74, 6) is 0.206. The van der Waals surface area contributed by atoms with Gasteiger partial charge in [0, 0.05) is 73.6 Å². The van der Waals surface area contributed by atoms with Crippen molar-refractivity contribution in [1.29, 1.82) is 0 Å². The van der Waals surface area contributed by atoms with Crippen molar-refractivity contribution in [2.24, 2.45) is 7.05 Å². The van der Waals surface area contributed by atoms with Crippen molar-refractivity contribution in [3.8, 4) is 5.75 Å². The maximum atomic E-state index is 13.3. The number of phenols is 1. The fourth-order valence-electron chi connectivity index (χ4n) is 4.69. The van der Waals surface area contributed by atoms with E-state index in [9.17, 15) is 15.0 Å². The van der Waals surface area contributed by atoms with E-state index in [1.807, 2.05) is 41.9 Å². The summed E-state index contributed by atoms with van der Waals surface area (Å²) in [5, 5.41) is 21.0. The predicted molar refractivity (Wildman–Crippen MR) is 140 cm³/mol. The number of hydrogen-bond acceptors (Lipinski definition) is 8. The molecule has 4 N–H and O–H groups in total. The van der Waals surface area contributed by atoms with Crippen LogP contribution in [0.2, 0.25) is 0 Å². The summed E-state index contributed by atoms with van der Waals surface area (Å²) in [5.41, 5.74) is 9.34. The van der Waals surface area contributed by atoms with Gasteiger partial charge in [-0.15, -0.1) is 11.8 Å². The number of hydrogen-bond donors (Lipinski definition) is 3. The van der Waals surface area contributed by atoms with Crippen LogP contribution < -0.4 is 5.73 Å². The number of aliphatic hydroxyl groups is 1. The molecule has 1 saturated heterocycles. The number of aromatic hydroxyl groups is 1. The van der Waals surface area contributed by atoms with Gasteiger partial charge in [-0.1, -0.05) is 18.2 Å². The lowest BCUT2D eigenvalue weighted by atomic mass is 10.0. The lowest BCUT2D eigenvalue weighted by Crippen LogP contribution is -2.46. The normalized spacial score (nSPS) is 15.1. The molecule has 0 spiro atoms. The molecule has 0 amide bonds. The molecule has 2 aromatic carbocycles.